The zero-order chi connectivity index (χ0) is 17.7. The van der Waals surface area contributed by atoms with Crippen molar-refractivity contribution < 1.29 is 0 Å². The fourth-order valence-electron chi connectivity index (χ4n) is 3.87. The molecule has 128 valence electrons. The molecule has 1 saturated heterocycles. The summed E-state index contributed by atoms with van der Waals surface area (Å²) in [5.41, 5.74) is 4.88. The van der Waals surface area contributed by atoms with Crippen LogP contribution in [0.1, 0.15) is 28.9 Å². The Balaban J connectivity index is 1.56. The monoisotopic (exact) mass is 422 g/mol. The number of benzene rings is 3. The second-order valence-corrected chi connectivity index (χ2v) is 8.05. The molecule has 0 saturated carbocycles. The van der Waals surface area contributed by atoms with E-state index in [9.17, 15) is 0 Å². The maximum absolute atomic E-state index is 6.07. The summed E-state index contributed by atoms with van der Waals surface area (Å²) in [6.07, 6.45) is 0.0592. The van der Waals surface area contributed by atoms with Crippen LogP contribution >= 0.6 is 27.5 Å². The highest BCUT2D eigenvalue weighted by atomic mass is 79.9. The van der Waals surface area contributed by atoms with Crippen LogP contribution in [0.5, 0.6) is 0 Å². The maximum Gasteiger partial charge on any atom is 0.129 e. The van der Waals surface area contributed by atoms with Crippen LogP contribution in [-0.2, 0) is 0 Å². The zero-order valence-corrected chi connectivity index (χ0v) is 16.2. The summed E-state index contributed by atoms with van der Waals surface area (Å²) >= 11 is 9.60. The third kappa shape index (κ3) is 2.71. The van der Waals surface area contributed by atoms with Crippen molar-refractivity contribution in [1.82, 2.24) is 4.90 Å². The molecule has 0 N–H and O–H groups in total. The van der Waals surface area contributed by atoms with Crippen molar-refractivity contribution in [2.45, 2.75) is 18.2 Å². The molecule has 0 amide bonds. The first kappa shape index (κ1) is 16.2. The van der Waals surface area contributed by atoms with Gasteiger partial charge in [0.2, 0.25) is 0 Å². The Kier molecular flexibility index (Phi) is 3.96. The quantitative estimate of drug-likeness (QED) is 0.470. The minimum absolute atomic E-state index is 0.0592. The molecule has 0 spiro atoms. The van der Waals surface area contributed by atoms with Crippen molar-refractivity contribution in [2.75, 3.05) is 0 Å². The van der Waals surface area contributed by atoms with E-state index in [-0.39, 0.29) is 6.17 Å². The summed E-state index contributed by atoms with van der Waals surface area (Å²) in [7, 11) is 0. The normalized spacial score (nSPS) is 26.3. The molecule has 2 aliphatic rings. The number of aliphatic imine (C=N–C) groups is 1. The van der Waals surface area contributed by atoms with Crippen LogP contribution in [0, 0.1) is 0 Å². The molecule has 0 aliphatic carbocycles. The number of fused-ring (bicyclic) bond motifs is 1. The molecule has 2 nitrogen and oxygen atoms in total. The molecule has 0 bridgehead atoms. The van der Waals surface area contributed by atoms with Gasteiger partial charge in [0.05, 0.1) is 17.8 Å². The van der Waals surface area contributed by atoms with Crippen LogP contribution < -0.4 is 0 Å². The molecule has 4 heteroatoms. The van der Waals surface area contributed by atoms with E-state index in [2.05, 4.69) is 87.6 Å². The Bertz CT molecular complexity index is 967. The molecule has 0 aromatic heterocycles. The lowest BCUT2D eigenvalue weighted by atomic mass is 10.0. The summed E-state index contributed by atoms with van der Waals surface area (Å²) in [5.74, 6) is 0. The fraction of sp³-hybridized carbons (Fsp3) is 0.136. The molecule has 5 rings (SSSR count). The first-order valence-corrected chi connectivity index (χ1v) is 9.81. The van der Waals surface area contributed by atoms with Gasteiger partial charge < -0.3 is 0 Å². The largest absolute Gasteiger partial charge is 0.263 e. The average Bonchev–Trinajstić information content (AvgIpc) is 3.29. The van der Waals surface area contributed by atoms with Crippen molar-refractivity contribution in [3.05, 3.63) is 105 Å². The maximum atomic E-state index is 6.07. The summed E-state index contributed by atoms with van der Waals surface area (Å²) < 4.78 is 1.09. The molecule has 2 aliphatic heterocycles. The Labute approximate surface area is 166 Å². The lowest BCUT2D eigenvalue weighted by Gasteiger charge is -2.14. The Hall–Kier alpha value is -1.94. The van der Waals surface area contributed by atoms with Gasteiger partial charge in [-0.1, -0.05) is 82.1 Å². The second kappa shape index (κ2) is 6.34. The minimum atomic E-state index is 0.0592. The first-order chi connectivity index (χ1) is 12.7. The molecule has 1 fully saturated rings. The molecule has 3 aromatic carbocycles. The first-order valence-electron chi connectivity index (χ1n) is 8.64. The molecule has 26 heavy (non-hydrogen) atoms. The summed E-state index contributed by atoms with van der Waals surface area (Å²) in [4.78, 5) is 7.57. The number of rotatable bonds is 3. The van der Waals surface area contributed by atoms with Crippen LogP contribution in [0.4, 0.5) is 0 Å². The highest BCUT2D eigenvalue weighted by Gasteiger charge is 2.59. The Morgan fingerprint density at radius 3 is 2.15 bits per heavy atom. The van der Waals surface area contributed by atoms with Gasteiger partial charge in [0.1, 0.15) is 6.17 Å². The van der Waals surface area contributed by atoms with Gasteiger partial charge in [-0.15, -0.1) is 0 Å². The lowest BCUT2D eigenvalue weighted by molar-refractivity contribution is 0.404. The van der Waals surface area contributed by atoms with Crippen molar-refractivity contribution in [2.24, 2.45) is 4.99 Å². The van der Waals surface area contributed by atoms with E-state index in [1.165, 1.54) is 11.1 Å². The van der Waals surface area contributed by atoms with Gasteiger partial charge in [0, 0.05) is 9.50 Å². The van der Waals surface area contributed by atoms with Gasteiger partial charge in [-0.2, -0.15) is 0 Å². The van der Waals surface area contributed by atoms with Crippen LogP contribution in [0.25, 0.3) is 0 Å². The van der Waals surface area contributed by atoms with Crippen molar-refractivity contribution in [3.8, 4) is 0 Å². The van der Waals surface area contributed by atoms with E-state index in [0.29, 0.717) is 12.1 Å². The van der Waals surface area contributed by atoms with E-state index >= 15 is 0 Å². The lowest BCUT2D eigenvalue weighted by Crippen LogP contribution is -2.08. The predicted molar refractivity (Wildman–Crippen MR) is 110 cm³/mol. The average molecular weight is 424 g/mol. The predicted octanol–water partition coefficient (Wildman–Crippen LogP) is 6.03. The van der Waals surface area contributed by atoms with Crippen molar-refractivity contribution in [3.63, 3.8) is 0 Å². The van der Waals surface area contributed by atoms with Gasteiger partial charge in [-0.25, -0.2) is 0 Å². The van der Waals surface area contributed by atoms with Gasteiger partial charge in [-0.3, -0.25) is 9.89 Å². The van der Waals surface area contributed by atoms with E-state index < -0.39 is 0 Å². The molecule has 3 aromatic rings. The SMILES string of the molecule is Clc1ccc(C2=N[C@H](c3ccc(Br)cc3)N3[C@H]2[C@@H]3c2ccccc2)cc1. The highest BCUT2D eigenvalue weighted by molar-refractivity contribution is 9.10. The van der Waals surface area contributed by atoms with E-state index in [1.54, 1.807) is 0 Å². The van der Waals surface area contributed by atoms with E-state index in [0.717, 1.165) is 20.8 Å². The standard InChI is InChI=1S/C22H16BrClN2/c23-17-10-6-16(7-11-17)22-25-19(14-8-12-18(24)13-9-14)21-20(26(21)22)15-4-2-1-3-5-15/h1-13,20-22H/t20-,21+,22-,26?/m0/s1. The van der Waals surface area contributed by atoms with Gasteiger partial charge in [0.25, 0.3) is 0 Å². The van der Waals surface area contributed by atoms with E-state index in [1.807, 2.05) is 12.1 Å². The summed E-state index contributed by atoms with van der Waals surface area (Å²) in [6, 6.07) is 27.9. The molecule has 0 radical (unpaired) electrons. The minimum Gasteiger partial charge on any atom is -0.263 e. The van der Waals surface area contributed by atoms with Crippen molar-refractivity contribution in [1.29, 1.82) is 0 Å². The summed E-state index contributed by atoms with van der Waals surface area (Å²) in [6.45, 7) is 0. The van der Waals surface area contributed by atoms with Crippen LogP contribution in [0.15, 0.2) is 88.3 Å². The van der Waals surface area contributed by atoms with Gasteiger partial charge in [0.15, 0.2) is 0 Å². The highest BCUT2D eigenvalue weighted by Crippen LogP contribution is 2.55. The Morgan fingerprint density at radius 2 is 1.46 bits per heavy atom. The second-order valence-electron chi connectivity index (χ2n) is 6.69. The van der Waals surface area contributed by atoms with Crippen LogP contribution in [0.3, 0.4) is 0 Å². The third-order valence-corrected chi connectivity index (χ3v) is 5.91. The van der Waals surface area contributed by atoms with Gasteiger partial charge >= 0.3 is 0 Å². The number of hydrogen-bond acceptors (Lipinski definition) is 2. The summed E-state index contributed by atoms with van der Waals surface area (Å²) in [5, 5.41) is 0.754. The molecule has 2 heterocycles. The van der Waals surface area contributed by atoms with E-state index in [4.69, 9.17) is 16.6 Å². The molecule has 4 atom stereocenters. The fourth-order valence-corrected chi connectivity index (χ4v) is 4.26. The van der Waals surface area contributed by atoms with Crippen LogP contribution in [0.2, 0.25) is 5.02 Å². The number of nitrogens with zero attached hydrogens (tertiary/aromatic N) is 2. The van der Waals surface area contributed by atoms with Gasteiger partial charge in [-0.05, 0) is 41.0 Å². The van der Waals surface area contributed by atoms with Crippen LogP contribution in [-0.4, -0.2) is 16.7 Å². The van der Waals surface area contributed by atoms with Crippen molar-refractivity contribution >= 4 is 33.2 Å². The Morgan fingerprint density at radius 1 is 0.769 bits per heavy atom. The molecule has 1 unspecified atom stereocenters. The molecular weight excluding hydrogens is 408 g/mol. The topological polar surface area (TPSA) is 15.4 Å². The molecular formula is C22H16BrClN2. The number of halogens is 2. The zero-order valence-electron chi connectivity index (χ0n) is 13.9. The third-order valence-electron chi connectivity index (χ3n) is 5.12. The number of hydrogen-bond donors (Lipinski definition) is 0. The smallest absolute Gasteiger partial charge is 0.129 e.